The molecule has 0 aromatic carbocycles. The lowest BCUT2D eigenvalue weighted by Gasteiger charge is -2.34. The van der Waals surface area contributed by atoms with E-state index in [1.807, 2.05) is 13.8 Å². The number of dihydropyridines is 1. The summed E-state index contributed by atoms with van der Waals surface area (Å²) in [7, 11) is 1.79. The van der Waals surface area contributed by atoms with Gasteiger partial charge in [-0.15, -0.1) is 0 Å². The Hall–Kier alpha value is -2.77. The van der Waals surface area contributed by atoms with Gasteiger partial charge < -0.3 is 15.1 Å². The molecule has 148 valence electrons. The Morgan fingerprint density at radius 3 is 2.64 bits per heavy atom. The highest BCUT2D eigenvalue weighted by molar-refractivity contribution is 6.01. The minimum atomic E-state index is -0.509. The Labute approximate surface area is 164 Å². The first-order chi connectivity index (χ1) is 13.3. The predicted molar refractivity (Wildman–Crippen MR) is 109 cm³/mol. The van der Waals surface area contributed by atoms with Crippen LogP contribution in [0.2, 0.25) is 0 Å². The summed E-state index contributed by atoms with van der Waals surface area (Å²) >= 11 is 0. The van der Waals surface area contributed by atoms with Gasteiger partial charge >= 0.3 is 0 Å². The largest absolute Gasteiger partial charge is 0.351 e. The number of hydrogen-bond donors (Lipinski definition) is 1. The van der Waals surface area contributed by atoms with Crippen molar-refractivity contribution in [2.75, 3.05) is 28.7 Å². The van der Waals surface area contributed by atoms with E-state index in [2.05, 4.69) is 20.2 Å². The topological polar surface area (TPSA) is 90.8 Å². The number of aromatic nitrogens is 2. The fourth-order valence-electron chi connectivity index (χ4n) is 4.18. The number of nitrogens with zero attached hydrogens (tertiary/aromatic N) is 5. The Kier molecular flexibility index (Phi) is 4.64. The van der Waals surface area contributed by atoms with Crippen molar-refractivity contribution in [1.82, 2.24) is 9.97 Å². The molecule has 0 spiro atoms. The SMILES string of the molecule is CN1C(=O)C(C)(C)CN(C2CCCC2)c2nc(NC3=CCC(=O)N=C3)ncc21. The third kappa shape index (κ3) is 3.39. The molecule has 0 bridgehead atoms. The van der Waals surface area contributed by atoms with Crippen molar-refractivity contribution in [3.05, 3.63) is 18.0 Å². The quantitative estimate of drug-likeness (QED) is 0.864. The summed E-state index contributed by atoms with van der Waals surface area (Å²) in [5.74, 6) is 1.13. The van der Waals surface area contributed by atoms with E-state index in [4.69, 9.17) is 4.98 Å². The minimum absolute atomic E-state index is 0.0687. The first kappa shape index (κ1) is 18.6. The fourth-order valence-corrected chi connectivity index (χ4v) is 4.18. The molecule has 2 aliphatic heterocycles. The molecule has 0 radical (unpaired) electrons. The molecule has 28 heavy (non-hydrogen) atoms. The lowest BCUT2D eigenvalue weighted by molar-refractivity contribution is -0.125. The molecule has 1 saturated carbocycles. The number of allylic oxidation sites excluding steroid dienone is 1. The number of anilines is 3. The van der Waals surface area contributed by atoms with E-state index in [1.54, 1.807) is 24.2 Å². The third-order valence-corrected chi connectivity index (χ3v) is 5.70. The van der Waals surface area contributed by atoms with Crippen molar-refractivity contribution < 1.29 is 9.59 Å². The van der Waals surface area contributed by atoms with Crippen LogP contribution in [-0.4, -0.2) is 47.6 Å². The number of rotatable bonds is 3. The zero-order chi connectivity index (χ0) is 19.9. The van der Waals surface area contributed by atoms with Gasteiger partial charge in [-0.2, -0.15) is 4.98 Å². The number of nitrogens with one attached hydrogen (secondary N) is 1. The van der Waals surface area contributed by atoms with Gasteiger partial charge in [0.15, 0.2) is 5.82 Å². The molecule has 0 unspecified atom stereocenters. The molecular weight excluding hydrogens is 356 g/mol. The number of aliphatic imine (C=N–C) groups is 1. The van der Waals surface area contributed by atoms with Crippen molar-refractivity contribution in [3.8, 4) is 0 Å². The van der Waals surface area contributed by atoms with E-state index in [1.165, 1.54) is 19.1 Å². The molecule has 1 aromatic rings. The summed E-state index contributed by atoms with van der Waals surface area (Å²) in [6.45, 7) is 4.61. The Balaban J connectivity index is 1.72. The monoisotopic (exact) mass is 382 g/mol. The van der Waals surface area contributed by atoms with E-state index < -0.39 is 5.41 Å². The second-order valence-corrected chi connectivity index (χ2v) is 8.36. The molecule has 1 N–H and O–H groups in total. The van der Waals surface area contributed by atoms with Crippen LogP contribution in [-0.2, 0) is 9.59 Å². The average Bonchev–Trinajstić information content (AvgIpc) is 3.19. The van der Waals surface area contributed by atoms with Crippen LogP contribution >= 0.6 is 0 Å². The second kappa shape index (κ2) is 7.00. The number of carbonyl (C=O) groups is 2. The van der Waals surface area contributed by atoms with E-state index in [-0.39, 0.29) is 18.2 Å². The lowest BCUT2D eigenvalue weighted by atomic mass is 9.91. The smallest absolute Gasteiger partial charge is 0.249 e. The van der Waals surface area contributed by atoms with Gasteiger partial charge in [-0.1, -0.05) is 12.8 Å². The van der Waals surface area contributed by atoms with Crippen molar-refractivity contribution in [1.29, 1.82) is 0 Å². The third-order valence-electron chi connectivity index (χ3n) is 5.70. The molecule has 1 fully saturated rings. The average molecular weight is 382 g/mol. The van der Waals surface area contributed by atoms with Gasteiger partial charge in [-0.05, 0) is 32.8 Å². The van der Waals surface area contributed by atoms with Crippen LogP contribution < -0.4 is 15.1 Å². The second-order valence-electron chi connectivity index (χ2n) is 8.36. The van der Waals surface area contributed by atoms with Gasteiger partial charge in [-0.3, -0.25) is 9.59 Å². The van der Waals surface area contributed by atoms with Gasteiger partial charge in [-0.25, -0.2) is 9.98 Å². The fraction of sp³-hybridized carbons (Fsp3) is 0.550. The molecule has 0 atom stereocenters. The normalized spacial score (nSPS) is 22.2. The Bertz CT molecular complexity index is 869. The maximum absolute atomic E-state index is 13.0. The van der Waals surface area contributed by atoms with Crippen LogP contribution in [0.25, 0.3) is 0 Å². The van der Waals surface area contributed by atoms with Crippen molar-refractivity contribution in [2.45, 2.75) is 52.0 Å². The molecule has 0 saturated heterocycles. The summed E-state index contributed by atoms with van der Waals surface area (Å²) in [5, 5.41) is 3.14. The molecule has 1 aromatic heterocycles. The summed E-state index contributed by atoms with van der Waals surface area (Å²) in [5.41, 5.74) is 0.921. The maximum Gasteiger partial charge on any atom is 0.249 e. The minimum Gasteiger partial charge on any atom is -0.351 e. The highest BCUT2D eigenvalue weighted by atomic mass is 16.2. The highest BCUT2D eigenvalue weighted by Gasteiger charge is 2.41. The van der Waals surface area contributed by atoms with Gasteiger partial charge in [0.25, 0.3) is 0 Å². The Morgan fingerprint density at radius 1 is 1.21 bits per heavy atom. The van der Waals surface area contributed by atoms with Crippen LogP contribution in [0.4, 0.5) is 17.5 Å². The molecule has 3 aliphatic rings. The van der Waals surface area contributed by atoms with Gasteiger partial charge in [0.2, 0.25) is 17.8 Å². The van der Waals surface area contributed by atoms with Crippen molar-refractivity contribution >= 4 is 35.5 Å². The molecule has 3 heterocycles. The number of fused-ring (bicyclic) bond motifs is 1. The zero-order valence-corrected chi connectivity index (χ0v) is 16.6. The summed E-state index contributed by atoms with van der Waals surface area (Å²) in [6.07, 6.45) is 9.87. The number of carbonyl (C=O) groups excluding carboxylic acids is 2. The van der Waals surface area contributed by atoms with Crippen LogP contribution in [0.15, 0.2) is 23.0 Å². The summed E-state index contributed by atoms with van der Waals surface area (Å²) in [6, 6.07) is 0.383. The van der Waals surface area contributed by atoms with Crippen LogP contribution in [0.5, 0.6) is 0 Å². The lowest BCUT2D eigenvalue weighted by Crippen LogP contribution is -2.45. The molecule has 2 amide bonds. The summed E-state index contributed by atoms with van der Waals surface area (Å²) < 4.78 is 0. The van der Waals surface area contributed by atoms with E-state index >= 15 is 0 Å². The van der Waals surface area contributed by atoms with Gasteiger partial charge in [0, 0.05) is 26.1 Å². The molecule has 8 heteroatoms. The Morgan fingerprint density at radius 2 is 1.96 bits per heavy atom. The van der Waals surface area contributed by atoms with Crippen molar-refractivity contribution in [2.24, 2.45) is 10.4 Å². The first-order valence-electron chi connectivity index (χ1n) is 9.81. The number of hydrogen-bond acceptors (Lipinski definition) is 6. The highest BCUT2D eigenvalue weighted by Crippen LogP contribution is 2.40. The van der Waals surface area contributed by atoms with Crippen LogP contribution in [0, 0.1) is 5.41 Å². The van der Waals surface area contributed by atoms with E-state index in [0.717, 1.165) is 24.3 Å². The molecular formula is C20H26N6O2. The van der Waals surface area contributed by atoms with E-state index in [0.29, 0.717) is 24.2 Å². The first-order valence-corrected chi connectivity index (χ1v) is 9.81. The van der Waals surface area contributed by atoms with Crippen LogP contribution in [0.3, 0.4) is 0 Å². The predicted octanol–water partition coefficient (Wildman–Crippen LogP) is 2.53. The number of amides is 2. The molecule has 8 nitrogen and oxygen atoms in total. The van der Waals surface area contributed by atoms with Crippen LogP contribution in [0.1, 0.15) is 46.0 Å². The van der Waals surface area contributed by atoms with E-state index in [9.17, 15) is 9.59 Å². The van der Waals surface area contributed by atoms with Gasteiger partial charge in [0.05, 0.1) is 23.5 Å². The molecule has 4 rings (SSSR count). The van der Waals surface area contributed by atoms with Gasteiger partial charge in [0.1, 0.15) is 5.69 Å². The maximum atomic E-state index is 13.0. The molecule has 1 aliphatic carbocycles. The zero-order valence-electron chi connectivity index (χ0n) is 16.6. The standard InChI is InChI=1S/C20H26N6O2/c1-20(2)12-26(14-6-4-5-7-14)17-15(25(3)18(20)28)11-22-19(24-17)23-13-8-9-16(27)21-10-13/h8,10-11,14H,4-7,9,12H2,1-3H3,(H,22,23,24). The summed E-state index contributed by atoms with van der Waals surface area (Å²) in [4.78, 5) is 41.2. The van der Waals surface area contributed by atoms with Crippen molar-refractivity contribution in [3.63, 3.8) is 0 Å².